The minimum Gasteiger partial charge on any atom is -0.333 e. The van der Waals surface area contributed by atoms with Crippen LogP contribution in [0.25, 0.3) is 5.57 Å². The van der Waals surface area contributed by atoms with E-state index in [9.17, 15) is 13.2 Å². The zero-order valence-corrected chi connectivity index (χ0v) is 15.6. The molecule has 1 heterocycles. The summed E-state index contributed by atoms with van der Waals surface area (Å²) in [5.74, 6) is 0.960. The van der Waals surface area contributed by atoms with E-state index in [4.69, 9.17) is 0 Å². The van der Waals surface area contributed by atoms with Gasteiger partial charge < -0.3 is 4.57 Å². The molecule has 1 unspecified atom stereocenters. The summed E-state index contributed by atoms with van der Waals surface area (Å²) in [5.41, 5.74) is 2.40. The van der Waals surface area contributed by atoms with Crippen molar-refractivity contribution in [3.05, 3.63) is 46.4 Å². The van der Waals surface area contributed by atoms with Crippen LogP contribution in [0.1, 0.15) is 40.2 Å². The summed E-state index contributed by atoms with van der Waals surface area (Å²) < 4.78 is 40.0. The van der Waals surface area contributed by atoms with Gasteiger partial charge in [0.2, 0.25) is 0 Å². The van der Waals surface area contributed by atoms with E-state index in [1.165, 1.54) is 0 Å². The number of alkyl halides is 3. The number of pyridine rings is 1. The van der Waals surface area contributed by atoms with Crippen molar-refractivity contribution in [1.82, 2.24) is 4.57 Å². The van der Waals surface area contributed by atoms with E-state index < -0.39 is 12.2 Å². The lowest BCUT2D eigenvalue weighted by Crippen LogP contribution is -2.29. The number of rotatable bonds is 6. The van der Waals surface area contributed by atoms with Gasteiger partial charge in [-0.2, -0.15) is 13.2 Å². The zero-order chi connectivity index (χ0) is 18.3. The number of hydrogen-bond acceptors (Lipinski definition) is 2. The van der Waals surface area contributed by atoms with Crippen molar-refractivity contribution in [3.8, 4) is 0 Å². The maximum Gasteiger partial charge on any atom is 0.410 e. The SMILES string of the molecule is C/C=C(\C(=C/C)SCC)c1cc/c(=N/C(C)C(F)(F)F)n(CC)c1. The number of thioether (sulfide) groups is 1. The Balaban J connectivity index is 3.35. The first-order chi connectivity index (χ1) is 11.3. The summed E-state index contributed by atoms with van der Waals surface area (Å²) in [6.45, 7) is 9.57. The van der Waals surface area contributed by atoms with Gasteiger partial charge in [-0.1, -0.05) is 19.1 Å². The molecule has 134 valence electrons. The van der Waals surface area contributed by atoms with Gasteiger partial charge in [0.25, 0.3) is 0 Å². The van der Waals surface area contributed by atoms with Crippen molar-refractivity contribution >= 4 is 17.3 Å². The summed E-state index contributed by atoms with van der Waals surface area (Å²) in [4.78, 5) is 4.99. The highest BCUT2D eigenvalue weighted by molar-refractivity contribution is 8.03. The monoisotopic (exact) mass is 358 g/mol. The maximum absolute atomic E-state index is 12.7. The fourth-order valence-corrected chi connectivity index (χ4v) is 3.13. The number of aryl methyl sites for hydroxylation is 1. The molecule has 0 amide bonds. The molecule has 1 rings (SSSR count). The van der Waals surface area contributed by atoms with Crippen LogP contribution in [0.5, 0.6) is 0 Å². The second-order valence-corrected chi connectivity index (χ2v) is 6.50. The highest BCUT2D eigenvalue weighted by Crippen LogP contribution is 2.31. The molecule has 0 aliphatic rings. The number of halogens is 3. The van der Waals surface area contributed by atoms with Crippen LogP contribution in [-0.4, -0.2) is 22.5 Å². The van der Waals surface area contributed by atoms with Crippen molar-refractivity contribution in [2.24, 2.45) is 4.99 Å². The molecule has 0 saturated carbocycles. The first-order valence-corrected chi connectivity index (χ1v) is 9.04. The molecule has 0 radical (unpaired) electrons. The molecule has 0 aromatic carbocycles. The van der Waals surface area contributed by atoms with E-state index in [2.05, 4.69) is 18.0 Å². The lowest BCUT2D eigenvalue weighted by molar-refractivity contribution is -0.143. The van der Waals surface area contributed by atoms with Gasteiger partial charge in [0.1, 0.15) is 11.5 Å². The van der Waals surface area contributed by atoms with Gasteiger partial charge in [-0.15, -0.1) is 11.8 Å². The molecule has 24 heavy (non-hydrogen) atoms. The van der Waals surface area contributed by atoms with Crippen LogP contribution >= 0.6 is 11.8 Å². The molecule has 1 atom stereocenters. The molecule has 6 heteroatoms. The Morgan fingerprint density at radius 2 is 1.92 bits per heavy atom. The van der Waals surface area contributed by atoms with Gasteiger partial charge in [0, 0.05) is 17.6 Å². The largest absolute Gasteiger partial charge is 0.410 e. The van der Waals surface area contributed by atoms with E-state index in [-0.39, 0.29) is 0 Å². The highest BCUT2D eigenvalue weighted by atomic mass is 32.2. The van der Waals surface area contributed by atoms with Crippen LogP contribution < -0.4 is 5.49 Å². The summed E-state index contributed by atoms with van der Waals surface area (Å²) in [5, 5.41) is 0. The second kappa shape index (κ2) is 9.16. The third kappa shape index (κ3) is 5.30. The van der Waals surface area contributed by atoms with Crippen molar-refractivity contribution in [1.29, 1.82) is 0 Å². The van der Waals surface area contributed by atoms with Gasteiger partial charge in [-0.3, -0.25) is 4.99 Å². The first kappa shape index (κ1) is 20.6. The molecule has 1 aromatic heterocycles. The maximum atomic E-state index is 12.7. The molecular formula is C18H25F3N2S. The van der Waals surface area contributed by atoms with Crippen LogP contribution in [0.15, 0.2) is 40.4 Å². The predicted octanol–water partition coefficient (Wildman–Crippen LogP) is 5.42. The fourth-order valence-electron chi connectivity index (χ4n) is 2.26. The number of aromatic nitrogens is 1. The second-order valence-electron chi connectivity index (χ2n) is 5.20. The molecule has 0 saturated heterocycles. The van der Waals surface area contributed by atoms with E-state index in [1.807, 2.05) is 39.1 Å². The minimum atomic E-state index is -4.32. The van der Waals surface area contributed by atoms with E-state index in [1.54, 1.807) is 22.4 Å². The lowest BCUT2D eigenvalue weighted by Gasteiger charge is -2.15. The Kier molecular flexibility index (Phi) is 7.87. The van der Waals surface area contributed by atoms with Crippen LogP contribution in [-0.2, 0) is 6.54 Å². The highest BCUT2D eigenvalue weighted by Gasteiger charge is 2.35. The summed E-state index contributed by atoms with van der Waals surface area (Å²) in [6, 6.07) is 1.78. The molecule has 0 N–H and O–H groups in total. The van der Waals surface area contributed by atoms with Crippen LogP contribution in [0, 0.1) is 0 Å². The van der Waals surface area contributed by atoms with Crippen LogP contribution in [0.4, 0.5) is 13.2 Å². The minimum absolute atomic E-state index is 0.340. The van der Waals surface area contributed by atoms with Gasteiger partial charge >= 0.3 is 6.18 Å². The Bertz CT molecular complexity index is 670. The lowest BCUT2D eigenvalue weighted by atomic mass is 10.1. The average molecular weight is 358 g/mol. The van der Waals surface area contributed by atoms with E-state index in [0.717, 1.165) is 28.7 Å². The first-order valence-electron chi connectivity index (χ1n) is 8.05. The smallest absolute Gasteiger partial charge is 0.333 e. The van der Waals surface area contributed by atoms with Crippen molar-refractivity contribution < 1.29 is 13.2 Å². The third-order valence-electron chi connectivity index (χ3n) is 3.57. The normalized spacial score (nSPS) is 15.8. The van der Waals surface area contributed by atoms with Gasteiger partial charge in [0.05, 0.1) is 0 Å². The van der Waals surface area contributed by atoms with Crippen molar-refractivity contribution in [2.45, 2.75) is 53.4 Å². The third-order valence-corrected chi connectivity index (χ3v) is 4.62. The zero-order valence-electron chi connectivity index (χ0n) is 14.8. The Morgan fingerprint density at radius 1 is 1.25 bits per heavy atom. The number of hydrogen-bond donors (Lipinski definition) is 0. The quantitative estimate of drug-likeness (QED) is 0.621. The van der Waals surface area contributed by atoms with Crippen molar-refractivity contribution in [3.63, 3.8) is 0 Å². The van der Waals surface area contributed by atoms with E-state index >= 15 is 0 Å². The molecule has 0 spiro atoms. The van der Waals surface area contributed by atoms with Gasteiger partial charge in [-0.25, -0.2) is 0 Å². The molecule has 2 nitrogen and oxygen atoms in total. The van der Waals surface area contributed by atoms with Crippen LogP contribution in [0.3, 0.4) is 0 Å². The molecule has 0 bridgehead atoms. The molecular weight excluding hydrogens is 333 g/mol. The van der Waals surface area contributed by atoms with E-state index in [0.29, 0.717) is 12.0 Å². The summed E-state index contributed by atoms with van der Waals surface area (Å²) in [7, 11) is 0. The predicted molar refractivity (Wildman–Crippen MR) is 96.7 cm³/mol. The summed E-state index contributed by atoms with van der Waals surface area (Å²) >= 11 is 1.75. The summed E-state index contributed by atoms with van der Waals surface area (Å²) in [6.07, 6.45) is 1.64. The number of allylic oxidation sites excluding steroid dienone is 3. The standard InChI is InChI=1S/C18H25F3N2S/c1-6-15(16(7-2)24-9-4)14-10-11-17(23(8-3)12-14)22-13(5)18(19,20)21/h6-7,10-13H,8-9H2,1-5H3/b15-6-,16-7+,22-17-. The topological polar surface area (TPSA) is 17.3 Å². The average Bonchev–Trinajstić information content (AvgIpc) is 2.54. The van der Waals surface area contributed by atoms with Crippen LogP contribution in [0.2, 0.25) is 0 Å². The van der Waals surface area contributed by atoms with Gasteiger partial charge in [-0.05, 0) is 56.7 Å². The fraction of sp³-hybridized carbons (Fsp3) is 0.500. The molecule has 1 aromatic rings. The molecule has 0 aliphatic heterocycles. The van der Waals surface area contributed by atoms with Crippen molar-refractivity contribution in [2.75, 3.05) is 5.75 Å². The Labute approximate surface area is 146 Å². The molecule has 0 fully saturated rings. The number of nitrogens with zero attached hydrogens (tertiary/aromatic N) is 2. The Morgan fingerprint density at radius 3 is 2.38 bits per heavy atom. The molecule has 0 aliphatic carbocycles. The Hall–Kier alpha value is -1.43. The van der Waals surface area contributed by atoms with Gasteiger partial charge in [0.15, 0.2) is 0 Å².